The Hall–Kier alpha value is -3.00. The van der Waals surface area contributed by atoms with Crippen LogP contribution in [0.3, 0.4) is 0 Å². The number of carbonyl (C=O) groups is 1. The summed E-state index contributed by atoms with van der Waals surface area (Å²) >= 11 is 0. The first kappa shape index (κ1) is 18.1. The minimum absolute atomic E-state index is 0.0866. The highest BCUT2D eigenvalue weighted by molar-refractivity contribution is 5.91. The van der Waals surface area contributed by atoms with Crippen LogP contribution >= 0.6 is 0 Å². The molecule has 3 aliphatic rings. The number of aromatic nitrogens is 4. The summed E-state index contributed by atoms with van der Waals surface area (Å²) in [5.41, 5.74) is 1.26. The summed E-state index contributed by atoms with van der Waals surface area (Å²) in [6, 6.07) is 10.2. The van der Waals surface area contributed by atoms with Crippen molar-refractivity contribution in [2.75, 3.05) is 26.7 Å². The Balaban J connectivity index is 1.32. The lowest BCUT2D eigenvalue weighted by atomic mass is 9.95. The summed E-state index contributed by atoms with van der Waals surface area (Å²) in [7, 11) is 1.68. The van der Waals surface area contributed by atoms with Crippen LogP contribution in [0.2, 0.25) is 0 Å². The molecule has 2 bridgehead atoms. The first-order chi connectivity index (χ1) is 14.2. The monoisotopic (exact) mass is 392 g/mol. The molecule has 0 spiro atoms. The Kier molecular flexibility index (Phi) is 4.63. The van der Waals surface area contributed by atoms with Crippen molar-refractivity contribution in [3.63, 3.8) is 0 Å². The Morgan fingerprint density at radius 2 is 2.03 bits per heavy atom. The van der Waals surface area contributed by atoms with Crippen molar-refractivity contribution in [2.45, 2.75) is 25.4 Å². The van der Waals surface area contributed by atoms with E-state index in [1.54, 1.807) is 30.1 Å². The van der Waals surface area contributed by atoms with Crippen molar-refractivity contribution >= 4 is 11.7 Å². The lowest BCUT2D eigenvalue weighted by molar-refractivity contribution is 0.0572. The third kappa shape index (κ3) is 3.55. The van der Waals surface area contributed by atoms with Crippen LogP contribution in [0.5, 0.6) is 5.75 Å². The van der Waals surface area contributed by atoms with E-state index in [-0.39, 0.29) is 17.8 Å². The lowest BCUT2D eigenvalue weighted by Crippen LogP contribution is -2.47. The number of ether oxygens (including phenoxy) is 1. The topological polar surface area (TPSA) is 75.9 Å². The summed E-state index contributed by atoms with van der Waals surface area (Å²) in [6.07, 6.45) is 5.61. The van der Waals surface area contributed by atoms with Gasteiger partial charge >= 0.3 is 0 Å². The molecular weight excluding hydrogens is 368 g/mol. The fourth-order valence-electron chi connectivity index (χ4n) is 4.50. The predicted molar refractivity (Wildman–Crippen MR) is 107 cm³/mol. The van der Waals surface area contributed by atoms with Crippen LogP contribution < -0.4 is 4.74 Å². The molecule has 0 saturated carbocycles. The van der Waals surface area contributed by atoms with Crippen molar-refractivity contribution in [1.82, 2.24) is 29.4 Å². The van der Waals surface area contributed by atoms with Crippen molar-refractivity contribution in [1.29, 1.82) is 0 Å². The van der Waals surface area contributed by atoms with Gasteiger partial charge in [0.15, 0.2) is 0 Å². The molecule has 0 aliphatic carbocycles. The number of fused-ring (bicyclic) bond motifs is 5. The van der Waals surface area contributed by atoms with Gasteiger partial charge in [-0.05, 0) is 42.5 Å². The van der Waals surface area contributed by atoms with Crippen molar-refractivity contribution in [3.05, 3.63) is 54.1 Å². The van der Waals surface area contributed by atoms with E-state index in [1.807, 2.05) is 17.0 Å². The number of rotatable bonds is 4. The predicted octanol–water partition coefficient (Wildman–Crippen LogP) is 1.87. The zero-order chi connectivity index (χ0) is 19.8. The molecule has 8 heteroatoms. The van der Waals surface area contributed by atoms with E-state index < -0.39 is 0 Å². The van der Waals surface area contributed by atoms with Gasteiger partial charge in [0.25, 0.3) is 11.7 Å². The number of hydrogen-bond donors (Lipinski definition) is 0. The molecular formula is C21H24N6O2. The van der Waals surface area contributed by atoms with Gasteiger partial charge in [0.05, 0.1) is 7.11 Å². The normalized spacial score (nSPS) is 22.0. The average molecular weight is 392 g/mol. The van der Waals surface area contributed by atoms with Gasteiger partial charge in [-0.15, -0.1) is 5.10 Å². The third-order valence-electron chi connectivity index (χ3n) is 5.92. The molecule has 150 valence electrons. The first-order valence-electron chi connectivity index (χ1n) is 10.0. The van der Waals surface area contributed by atoms with Gasteiger partial charge in [0.2, 0.25) is 5.82 Å². The van der Waals surface area contributed by atoms with E-state index in [9.17, 15) is 4.79 Å². The summed E-state index contributed by atoms with van der Waals surface area (Å²) < 4.78 is 6.81. The second kappa shape index (κ2) is 7.44. The van der Waals surface area contributed by atoms with Gasteiger partial charge in [-0.2, -0.15) is 4.98 Å². The minimum atomic E-state index is -0.0866. The van der Waals surface area contributed by atoms with Crippen molar-refractivity contribution in [2.24, 2.45) is 5.92 Å². The average Bonchev–Trinajstić information content (AvgIpc) is 3.00. The maximum Gasteiger partial charge on any atom is 0.293 e. The standard InChI is InChI=1S/C21H24N6O2/c1-29-18-7-4-15(5-8-18)11-25-12-16-3-6-17(14-25)26(13-16)20(28)19-23-21-22-9-2-10-27(21)24-19/h2,4-5,7-10,16-17H,3,6,11-14H2,1H3/t16-,17+/m0/s1. The van der Waals surface area contributed by atoms with E-state index in [4.69, 9.17) is 4.74 Å². The van der Waals surface area contributed by atoms with Gasteiger partial charge in [-0.25, -0.2) is 9.50 Å². The Morgan fingerprint density at radius 3 is 2.83 bits per heavy atom. The molecule has 2 aromatic heterocycles. The van der Waals surface area contributed by atoms with Crippen LogP contribution in [0.15, 0.2) is 42.7 Å². The highest BCUT2D eigenvalue weighted by atomic mass is 16.5. The minimum Gasteiger partial charge on any atom is -0.497 e. The third-order valence-corrected chi connectivity index (χ3v) is 5.92. The Morgan fingerprint density at radius 1 is 1.17 bits per heavy atom. The second-order valence-corrected chi connectivity index (χ2v) is 7.90. The summed E-state index contributed by atoms with van der Waals surface area (Å²) in [5.74, 6) is 1.95. The molecule has 3 aromatic rings. The molecule has 6 rings (SSSR count). The molecule has 3 saturated heterocycles. The highest BCUT2D eigenvalue weighted by Gasteiger charge is 2.38. The number of benzene rings is 1. The fraction of sp³-hybridized carbons (Fsp3) is 0.429. The van der Waals surface area contributed by atoms with E-state index in [1.165, 1.54) is 5.56 Å². The molecule has 29 heavy (non-hydrogen) atoms. The van der Waals surface area contributed by atoms with E-state index in [2.05, 4.69) is 32.1 Å². The maximum atomic E-state index is 13.2. The first-order valence-corrected chi connectivity index (χ1v) is 10.0. The van der Waals surface area contributed by atoms with E-state index in [0.29, 0.717) is 11.7 Å². The molecule has 3 fully saturated rings. The van der Waals surface area contributed by atoms with Crippen LogP contribution in [0.4, 0.5) is 0 Å². The van der Waals surface area contributed by atoms with Gasteiger partial charge in [0, 0.05) is 44.6 Å². The summed E-state index contributed by atoms with van der Waals surface area (Å²) in [4.78, 5) is 26.1. The molecule has 1 amide bonds. The van der Waals surface area contributed by atoms with Crippen LogP contribution in [0.1, 0.15) is 29.0 Å². The van der Waals surface area contributed by atoms with Gasteiger partial charge < -0.3 is 9.64 Å². The molecule has 5 heterocycles. The highest BCUT2D eigenvalue weighted by Crippen LogP contribution is 2.30. The van der Waals surface area contributed by atoms with Crippen LogP contribution in [-0.2, 0) is 6.54 Å². The molecule has 0 unspecified atom stereocenters. The van der Waals surface area contributed by atoms with Crippen molar-refractivity contribution < 1.29 is 9.53 Å². The number of nitrogens with zero attached hydrogens (tertiary/aromatic N) is 6. The molecule has 3 aliphatic heterocycles. The van der Waals surface area contributed by atoms with Crippen LogP contribution in [-0.4, -0.2) is 68.1 Å². The SMILES string of the molecule is COc1ccc(CN2C[C@@H]3CC[C@H](C2)N(C(=O)c2nc4ncccn4n2)C3)cc1. The van der Waals surface area contributed by atoms with Crippen molar-refractivity contribution in [3.8, 4) is 5.75 Å². The fourth-order valence-corrected chi connectivity index (χ4v) is 4.50. The molecule has 2 atom stereocenters. The van der Waals surface area contributed by atoms with Gasteiger partial charge in [-0.1, -0.05) is 12.1 Å². The van der Waals surface area contributed by atoms with E-state index in [0.717, 1.165) is 44.8 Å². The molecule has 0 N–H and O–H groups in total. The number of methoxy groups -OCH3 is 1. The second-order valence-electron chi connectivity index (χ2n) is 7.90. The quantitative estimate of drug-likeness (QED) is 0.675. The van der Waals surface area contributed by atoms with Crippen LogP contribution in [0.25, 0.3) is 5.78 Å². The molecule has 1 aromatic carbocycles. The molecule has 0 radical (unpaired) electrons. The van der Waals surface area contributed by atoms with Gasteiger partial charge in [0.1, 0.15) is 5.75 Å². The maximum absolute atomic E-state index is 13.2. The zero-order valence-corrected chi connectivity index (χ0v) is 16.4. The Bertz CT molecular complexity index is 984. The largest absolute Gasteiger partial charge is 0.497 e. The van der Waals surface area contributed by atoms with Crippen LogP contribution in [0, 0.1) is 5.92 Å². The summed E-state index contributed by atoms with van der Waals surface area (Å²) in [5, 5.41) is 4.33. The Labute approximate surface area is 169 Å². The number of piperidine rings is 1. The van der Waals surface area contributed by atoms with E-state index >= 15 is 0 Å². The zero-order valence-electron chi connectivity index (χ0n) is 16.4. The summed E-state index contributed by atoms with van der Waals surface area (Å²) in [6.45, 7) is 3.54. The smallest absolute Gasteiger partial charge is 0.293 e. The number of hydrogen-bond acceptors (Lipinski definition) is 6. The van der Waals surface area contributed by atoms with Gasteiger partial charge in [-0.3, -0.25) is 9.69 Å². The number of carbonyl (C=O) groups excluding carboxylic acids is 1. The lowest BCUT2D eigenvalue weighted by Gasteiger charge is -2.35. The number of amides is 1. The molecule has 8 nitrogen and oxygen atoms in total.